The van der Waals surface area contributed by atoms with Crippen molar-refractivity contribution in [1.29, 1.82) is 0 Å². The number of carbonyl (C=O) groups excluding carboxylic acids is 2. The Labute approximate surface area is 121 Å². The van der Waals surface area contributed by atoms with Crippen LogP contribution in [0.2, 0.25) is 0 Å². The molecule has 0 bridgehead atoms. The van der Waals surface area contributed by atoms with Crippen molar-refractivity contribution in [2.24, 2.45) is 0 Å². The molecular weight excluding hydrogens is 258 g/mol. The van der Waals surface area contributed by atoms with Crippen LogP contribution in [0.4, 0.5) is 0 Å². The van der Waals surface area contributed by atoms with Crippen LogP contribution in [0.25, 0.3) is 0 Å². The average Bonchev–Trinajstić information content (AvgIpc) is 2.84. The van der Waals surface area contributed by atoms with Crippen molar-refractivity contribution in [2.75, 3.05) is 13.2 Å². The van der Waals surface area contributed by atoms with Gasteiger partial charge in [-0.05, 0) is 33.6 Å². The first-order chi connectivity index (χ1) is 9.33. The van der Waals surface area contributed by atoms with Crippen LogP contribution in [0.5, 0.6) is 0 Å². The van der Waals surface area contributed by atoms with Crippen LogP contribution in [0, 0.1) is 0 Å². The second-order valence-electron chi connectivity index (χ2n) is 6.34. The number of esters is 1. The number of hydrogen-bond acceptors (Lipinski definition) is 4. The zero-order valence-electron chi connectivity index (χ0n) is 12.9. The minimum absolute atomic E-state index is 0.0331. The van der Waals surface area contributed by atoms with Crippen molar-refractivity contribution in [3.05, 3.63) is 0 Å². The third kappa shape index (κ3) is 5.90. The van der Waals surface area contributed by atoms with E-state index in [1.165, 1.54) is 0 Å². The Morgan fingerprint density at radius 2 is 1.80 bits per heavy atom. The highest BCUT2D eigenvalue weighted by Crippen LogP contribution is 2.24. The van der Waals surface area contributed by atoms with Crippen molar-refractivity contribution < 1.29 is 19.4 Å². The Hall–Kier alpha value is -1.10. The molecule has 1 rings (SSSR count). The molecular formula is C15H27NO4. The van der Waals surface area contributed by atoms with E-state index in [0.29, 0.717) is 6.54 Å². The van der Waals surface area contributed by atoms with Crippen LogP contribution < -0.4 is 0 Å². The Morgan fingerprint density at radius 1 is 1.20 bits per heavy atom. The highest BCUT2D eigenvalue weighted by atomic mass is 16.6. The number of ether oxygens (including phenoxy) is 1. The Balaban J connectivity index is 2.43. The van der Waals surface area contributed by atoms with Gasteiger partial charge in [-0.25, -0.2) is 0 Å². The Morgan fingerprint density at radius 3 is 2.30 bits per heavy atom. The molecule has 1 N–H and O–H groups in total. The van der Waals surface area contributed by atoms with Crippen LogP contribution in [0.1, 0.15) is 59.3 Å². The van der Waals surface area contributed by atoms with Crippen molar-refractivity contribution >= 4 is 11.9 Å². The number of rotatable bonds is 6. The standard InChI is InChI=1S/C15H27NO4/c1-15(2,3)20-14(19)9-8-13(18)16(10-11-17)12-6-4-5-7-12/h12,17H,4-11H2,1-3H3. The summed E-state index contributed by atoms with van der Waals surface area (Å²) in [5, 5.41) is 9.09. The minimum Gasteiger partial charge on any atom is -0.460 e. The van der Waals surface area contributed by atoms with Gasteiger partial charge in [0, 0.05) is 19.0 Å². The summed E-state index contributed by atoms with van der Waals surface area (Å²) >= 11 is 0. The Bertz CT molecular complexity index is 329. The number of carbonyl (C=O) groups is 2. The summed E-state index contributed by atoms with van der Waals surface area (Å²) in [4.78, 5) is 25.6. The molecule has 0 aliphatic heterocycles. The van der Waals surface area contributed by atoms with E-state index in [4.69, 9.17) is 9.84 Å². The molecule has 0 aromatic carbocycles. The predicted octanol–water partition coefficient (Wildman–Crippen LogP) is 1.87. The van der Waals surface area contributed by atoms with Crippen molar-refractivity contribution in [1.82, 2.24) is 4.90 Å². The van der Waals surface area contributed by atoms with Gasteiger partial charge >= 0.3 is 5.97 Å². The first-order valence-corrected chi connectivity index (χ1v) is 7.45. The maximum Gasteiger partial charge on any atom is 0.306 e. The lowest BCUT2D eigenvalue weighted by Crippen LogP contribution is -2.41. The molecule has 5 nitrogen and oxygen atoms in total. The summed E-state index contributed by atoms with van der Waals surface area (Å²) in [5.74, 6) is -0.405. The first-order valence-electron chi connectivity index (χ1n) is 7.45. The quantitative estimate of drug-likeness (QED) is 0.757. The number of hydrogen-bond donors (Lipinski definition) is 1. The lowest BCUT2D eigenvalue weighted by molar-refractivity contribution is -0.156. The maximum absolute atomic E-state index is 12.2. The first kappa shape index (κ1) is 17.0. The molecule has 0 aromatic rings. The number of amides is 1. The van der Waals surface area contributed by atoms with E-state index in [1.54, 1.807) is 4.90 Å². The van der Waals surface area contributed by atoms with E-state index < -0.39 is 5.60 Å². The second-order valence-corrected chi connectivity index (χ2v) is 6.34. The van der Waals surface area contributed by atoms with Gasteiger partial charge in [-0.1, -0.05) is 12.8 Å². The van der Waals surface area contributed by atoms with Crippen molar-refractivity contribution in [3.63, 3.8) is 0 Å². The normalized spacial score (nSPS) is 16.2. The van der Waals surface area contributed by atoms with Gasteiger partial charge in [-0.15, -0.1) is 0 Å². The van der Waals surface area contributed by atoms with Crippen LogP contribution in [-0.2, 0) is 14.3 Å². The van der Waals surface area contributed by atoms with Gasteiger partial charge in [-0.3, -0.25) is 9.59 Å². The average molecular weight is 285 g/mol. The molecule has 0 heterocycles. The third-order valence-electron chi connectivity index (χ3n) is 3.39. The van der Waals surface area contributed by atoms with E-state index in [0.717, 1.165) is 25.7 Å². The molecule has 1 aliphatic rings. The largest absolute Gasteiger partial charge is 0.460 e. The van der Waals surface area contributed by atoms with Crippen molar-refractivity contribution in [2.45, 2.75) is 70.9 Å². The third-order valence-corrected chi connectivity index (χ3v) is 3.39. The lowest BCUT2D eigenvalue weighted by Gasteiger charge is -2.28. The smallest absolute Gasteiger partial charge is 0.306 e. The van der Waals surface area contributed by atoms with Gasteiger partial charge in [-0.2, -0.15) is 0 Å². The maximum atomic E-state index is 12.2. The fraction of sp³-hybridized carbons (Fsp3) is 0.867. The van der Waals surface area contributed by atoms with Crippen LogP contribution in [-0.4, -0.2) is 46.7 Å². The summed E-state index contributed by atoms with van der Waals surface area (Å²) in [6.45, 7) is 5.75. The van der Waals surface area contributed by atoms with E-state index in [9.17, 15) is 9.59 Å². The number of aliphatic hydroxyl groups excluding tert-OH is 1. The number of aliphatic hydroxyl groups is 1. The zero-order chi connectivity index (χ0) is 15.2. The van der Waals surface area contributed by atoms with E-state index in [1.807, 2.05) is 20.8 Å². The molecule has 1 amide bonds. The van der Waals surface area contributed by atoms with Crippen molar-refractivity contribution in [3.8, 4) is 0 Å². The highest BCUT2D eigenvalue weighted by molar-refractivity contribution is 5.81. The molecule has 20 heavy (non-hydrogen) atoms. The monoisotopic (exact) mass is 285 g/mol. The molecule has 0 aromatic heterocycles. The molecule has 1 saturated carbocycles. The molecule has 0 unspecified atom stereocenters. The molecule has 116 valence electrons. The zero-order valence-corrected chi connectivity index (χ0v) is 12.9. The van der Waals surface area contributed by atoms with Gasteiger partial charge in [0.15, 0.2) is 0 Å². The SMILES string of the molecule is CC(C)(C)OC(=O)CCC(=O)N(CCO)C1CCCC1. The summed E-state index contributed by atoms with van der Waals surface area (Å²) in [6, 6.07) is 0.230. The van der Waals surface area contributed by atoms with Gasteiger partial charge in [0.05, 0.1) is 13.0 Å². The fourth-order valence-electron chi connectivity index (χ4n) is 2.58. The van der Waals surface area contributed by atoms with Crippen LogP contribution >= 0.6 is 0 Å². The fourth-order valence-corrected chi connectivity index (χ4v) is 2.58. The van der Waals surface area contributed by atoms with Gasteiger partial charge < -0.3 is 14.7 Å². The molecule has 1 fully saturated rings. The van der Waals surface area contributed by atoms with E-state index >= 15 is 0 Å². The van der Waals surface area contributed by atoms with Crippen LogP contribution in [0.3, 0.4) is 0 Å². The lowest BCUT2D eigenvalue weighted by atomic mass is 10.1. The minimum atomic E-state index is -0.517. The van der Waals surface area contributed by atoms with E-state index in [2.05, 4.69) is 0 Å². The Kier molecular flexibility index (Phi) is 6.46. The molecule has 1 aliphatic carbocycles. The number of nitrogens with zero attached hydrogens (tertiary/aromatic N) is 1. The second kappa shape index (κ2) is 7.62. The summed E-state index contributed by atoms with van der Waals surface area (Å²) in [7, 11) is 0. The highest BCUT2D eigenvalue weighted by Gasteiger charge is 2.26. The van der Waals surface area contributed by atoms with Gasteiger partial charge in [0.1, 0.15) is 5.60 Å². The topological polar surface area (TPSA) is 66.8 Å². The molecule has 0 spiro atoms. The summed E-state index contributed by atoms with van der Waals surface area (Å²) in [6.07, 6.45) is 4.52. The molecule has 0 radical (unpaired) electrons. The molecule has 0 atom stereocenters. The van der Waals surface area contributed by atoms with E-state index in [-0.39, 0.29) is 37.4 Å². The molecule has 0 saturated heterocycles. The van der Waals surface area contributed by atoms with Gasteiger partial charge in [0.2, 0.25) is 5.91 Å². The van der Waals surface area contributed by atoms with Gasteiger partial charge in [0.25, 0.3) is 0 Å². The molecule has 5 heteroatoms. The predicted molar refractivity (Wildman–Crippen MR) is 76.1 cm³/mol. The summed E-state index contributed by atoms with van der Waals surface area (Å²) < 4.78 is 5.19. The van der Waals surface area contributed by atoms with Crippen LogP contribution in [0.15, 0.2) is 0 Å². The summed E-state index contributed by atoms with van der Waals surface area (Å²) in [5.41, 5.74) is -0.517.